The molecular formula is C22H24F4N6O. The molecule has 1 aromatic heterocycles. The number of tetrazole rings is 1. The van der Waals surface area contributed by atoms with Crippen LogP contribution in [0.4, 0.5) is 23.2 Å². The highest BCUT2D eigenvalue weighted by molar-refractivity contribution is 5.49. The van der Waals surface area contributed by atoms with E-state index in [0.29, 0.717) is 56.4 Å². The molecule has 3 aromatic rings. The molecule has 1 aliphatic heterocycles. The van der Waals surface area contributed by atoms with Gasteiger partial charge in [0.1, 0.15) is 11.9 Å². The van der Waals surface area contributed by atoms with Crippen LogP contribution in [0.1, 0.15) is 23.0 Å². The maximum absolute atomic E-state index is 14.8. The third-order valence-corrected chi connectivity index (χ3v) is 5.73. The van der Waals surface area contributed by atoms with Crippen molar-refractivity contribution in [2.24, 2.45) is 0 Å². The smallest absolute Gasteiger partial charge is 0.383 e. The first-order chi connectivity index (χ1) is 15.9. The monoisotopic (exact) mass is 464 g/mol. The predicted octanol–water partition coefficient (Wildman–Crippen LogP) is 3.39. The van der Waals surface area contributed by atoms with Crippen LogP contribution >= 0.6 is 0 Å². The number of hydrogen-bond donors (Lipinski definition) is 0. The van der Waals surface area contributed by atoms with Crippen molar-refractivity contribution >= 4 is 5.69 Å². The molecule has 1 fully saturated rings. The lowest BCUT2D eigenvalue weighted by Gasteiger charge is -2.40. The van der Waals surface area contributed by atoms with Crippen LogP contribution in [-0.4, -0.2) is 65.0 Å². The van der Waals surface area contributed by atoms with Crippen LogP contribution in [0.25, 0.3) is 0 Å². The van der Waals surface area contributed by atoms with Gasteiger partial charge in [0.25, 0.3) is 0 Å². The van der Waals surface area contributed by atoms with Gasteiger partial charge in [-0.1, -0.05) is 24.3 Å². The minimum absolute atomic E-state index is 0.371. The number of methoxy groups -OCH3 is 1. The van der Waals surface area contributed by atoms with Crippen molar-refractivity contribution in [1.82, 2.24) is 25.1 Å². The first-order valence-electron chi connectivity index (χ1n) is 10.5. The van der Waals surface area contributed by atoms with Crippen molar-refractivity contribution in [3.8, 4) is 0 Å². The third kappa shape index (κ3) is 5.14. The molecule has 0 spiro atoms. The lowest BCUT2D eigenvalue weighted by atomic mass is 10.0. The lowest BCUT2D eigenvalue weighted by Crippen LogP contribution is -2.48. The van der Waals surface area contributed by atoms with E-state index in [1.807, 2.05) is 4.90 Å². The van der Waals surface area contributed by atoms with Crippen LogP contribution in [0.2, 0.25) is 0 Å². The second kappa shape index (κ2) is 9.84. The zero-order valence-corrected chi connectivity index (χ0v) is 18.0. The number of rotatable bonds is 7. The molecule has 0 bridgehead atoms. The topological polar surface area (TPSA) is 59.3 Å². The van der Waals surface area contributed by atoms with E-state index in [0.717, 1.165) is 12.1 Å². The molecule has 33 heavy (non-hydrogen) atoms. The van der Waals surface area contributed by atoms with Crippen LogP contribution in [0.5, 0.6) is 0 Å². The highest BCUT2D eigenvalue weighted by Gasteiger charge is 2.34. The van der Waals surface area contributed by atoms with Crippen molar-refractivity contribution in [3.05, 3.63) is 71.3 Å². The highest BCUT2D eigenvalue weighted by Crippen LogP contribution is 2.33. The van der Waals surface area contributed by atoms with Crippen molar-refractivity contribution in [2.75, 3.05) is 44.8 Å². The van der Waals surface area contributed by atoms with E-state index in [4.69, 9.17) is 4.74 Å². The van der Waals surface area contributed by atoms with Gasteiger partial charge in [0.2, 0.25) is 0 Å². The third-order valence-electron chi connectivity index (χ3n) is 5.73. The maximum atomic E-state index is 14.8. The van der Waals surface area contributed by atoms with Crippen molar-refractivity contribution < 1.29 is 22.3 Å². The molecule has 1 saturated heterocycles. The van der Waals surface area contributed by atoms with Gasteiger partial charge < -0.3 is 9.64 Å². The van der Waals surface area contributed by atoms with Crippen LogP contribution in [0.3, 0.4) is 0 Å². The summed E-state index contributed by atoms with van der Waals surface area (Å²) < 4.78 is 60.9. The molecule has 0 saturated carbocycles. The summed E-state index contributed by atoms with van der Waals surface area (Å²) in [5.74, 6) is 0.119. The Bertz CT molecular complexity index is 1060. The Hall–Kier alpha value is -3.05. The maximum Gasteiger partial charge on any atom is 0.416 e. The van der Waals surface area contributed by atoms with E-state index < -0.39 is 17.8 Å². The number of hydrogen-bond acceptors (Lipinski definition) is 6. The van der Waals surface area contributed by atoms with Crippen molar-refractivity contribution in [3.63, 3.8) is 0 Å². The number of aromatic nitrogens is 4. The molecular weight excluding hydrogens is 440 g/mol. The molecule has 0 unspecified atom stereocenters. The summed E-state index contributed by atoms with van der Waals surface area (Å²) in [5, 5.41) is 12.0. The van der Waals surface area contributed by atoms with Gasteiger partial charge in [0.15, 0.2) is 5.82 Å². The first-order valence-corrected chi connectivity index (χ1v) is 10.5. The van der Waals surface area contributed by atoms with E-state index >= 15 is 0 Å². The molecule has 11 heteroatoms. The molecule has 4 rings (SSSR count). The largest absolute Gasteiger partial charge is 0.416 e. The average Bonchev–Trinajstić information content (AvgIpc) is 3.27. The number of alkyl halides is 3. The van der Waals surface area contributed by atoms with E-state index in [1.165, 1.54) is 12.1 Å². The molecule has 2 heterocycles. The summed E-state index contributed by atoms with van der Waals surface area (Å²) in [6.07, 6.45) is -4.40. The zero-order valence-electron chi connectivity index (χ0n) is 18.0. The van der Waals surface area contributed by atoms with Crippen molar-refractivity contribution in [1.29, 1.82) is 0 Å². The average molecular weight is 464 g/mol. The number of halogens is 4. The van der Waals surface area contributed by atoms with E-state index in [1.54, 1.807) is 36.1 Å². The Kier molecular flexibility index (Phi) is 6.89. The quantitative estimate of drug-likeness (QED) is 0.500. The number of nitrogens with zero attached hydrogens (tertiary/aromatic N) is 6. The predicted molar refractivity (Wildman–Crippen MR) is 113 cm³/mol. The van der Waals surface area contributed by atoms with Gasteiger partial charge in [-0.3, -0.25) is 4.90 Å². The highest BCUT2D eigenvalue weighted by atomic mass is 19.4. The Balaban J connectivity index is 1.58. The van der Waals surface area contributed by atoms with Crippen LogP contribution < -0.4 is 4.90 Å². The fourth-order valence-electron chi connectivity index (χ4n) is 4.06. The molecule has 7 nitrogen and oxygen atoms in total. The molecule has 1 aliphatic rings. The minimum Gasteiger partial charge on any atom is -0.383 e. The van der Waals surface area contributed by atoms with Crippen LogP contribution in [0, 0.1) is 5.82 Å². The molecule has 0 radical (unpaired) electrons. The summed E-state index contributed by atoms with van der Waals surface area (Å²) in [4.78, 5) is 3.95. The first kappa shape index (κ1) is 23.1. The Morgan fingerprint density at radius 3 is 2.48 bits per heavy atom. The second-order valence-corrected chi connectivity index (χ2v) is 7.75. The second-order valence-electron chi connectivity index (χ2n) is 7.75. The molecule has 176 valence electrons. The van der Waals surface area contributed by atoms with Gasteiger partial charge >= 0.3 is 6.18 Å². The Morgan fingerprint density at radius 1 is 1.03 bits per heavy atom. The van der Waals surface area contributed by atoms with Gasteiger partial charge in [0.05, 0.1) is 18.7 Å². The Labute approximate surface area is 188 Å². The van der Waals surface area contributed by atoms with E-state index in [2.05, 4.69) is 20.4 Å². The number of ether oxygens (including phenoxy) is 1. The molecule has 1 atom stereocenters. The van der Waals surface area contributed by atoms with Gasteiger partial charge in [0, 0.05) is 44.5 Å². The lowest BCUT2D eigenvalue weighted by molar-refractivity contribution is -0.137. The van der Waals surface area contributed by atoms with Gasteiger partial charge in [-0.2, -0.15) is 13.2 Å². The summed E-state index contributed by atoms with van der Waals surface area (Å²) in [7, 11) is 1.57. The summed E-state index contributed by atoms with van der Waals surface area (Å²) in [6.45, 7) is 2.75. The summed E-state index contributed by atoms with van der Waals surface area (Å²) in [6, 6.07) is 11.2. The van der Waals surface area contributed by atoms with Gasteiger partial charge in [-0.25, -0.2) is 9.07 Å². The zero-order chi connectivity index (χ0) is 23.4. The summed E-state index contributed by atoms with van der Waals surface area (Å²) in [5.41, 5.74) is 0.277. The fourth-order valence-corrected chi connectivity index (χ4v) is 4.06. The number of piperazine rings is 1. The van der Waals surface area contributed by atoms with E-state index in [-0.39, 0.29) is 5.82 Å². The number of anilines is 1. The van der Waals surface area contributed by atoms with Crippen LogP contribution in [0.15, 0.2) is 48.5 Å². The summed E-state index contributed by atoms with van der Waals surface area (Å²) >= 11 is 0. The molecule has 0 amide bonds. The van der Waals surface area contributed by atoms with E-state index in [9.17, 15) is 17.6 Å². The standard InChI is InChI=1S/C22H24F4N6O/c1-33-14-13-32-21(27-28-29-32)20(18-7-2-3-8-19(18)23)31-11-9-30(10-12-31)17-6-4-5-16(15-17)22(24,25)26/h2-8,15,20H,9-14H2,1H3/t20-/m0/s1. The SMILES string of the molecule is COCCn1nnnc1[C@H](c1ccccc1F)N1CCN(c2cccc(C(F)(F)F)c2)CC1. The van der Waals surface area contributed by atoms with Crippen molar-refractivity contribution in [2.45, 2.75) is 18.8 Å². The molecule has 0 aliphatic carbocycles. The van der Waals surface area contributed by atoms with Crippen LogP contribution in [-0.2, 0) is 17.5 Å². The minimum atomic E-state index is -4.40. The molecule has 0 N–H and O–H groups in total. The van der Waals surface area contributed by atoms with Gasteiger partial charge in [-0.15, -0.1) is 5.10 Å². The fraction of sp³-hybridized carbons (Fsp3) is 0.409. The normalized spacial score (nSPS) is 16.2. The number of benzene rings is 2. The van der Waals surface area contributed by atoms with Gasteiger partial charge in [-0.05, 0) is 34.7 Å². The molecule has 2 aromatic carbocycles. The Morgan fingerprint density at radius 2 is 1.79 bits per heavy atom.